The SMILES string of the molecule is COc1ccc(-c2nc(Nc3ccc(OC(C)C)cn3)nn2C)nc1. The second-order valence-electron chi connectivity index (χ2n) is 5.64. The van der Waals surface area contributed by atoms with Crippen LogP contribution in [0.4, 0.5) is 11.8 Å². The molecule has 3 aromatic heterocycles. The van der Waals surface area contributed by atoms with Crippen LogP contribution in [0.1, 0.15) is 13.8 Å². The highest BCUT2D eigenvalue weighted by molar-refractivity contribution is 5.55. The van der Waals surface area contributed by atoms with Crippen LogP contribution in [0.15, 0.2) is 36.7 Å². The number of aromatic nitrogens is 5. The van der Waals surface area contributed by atoms with Crippen molar-refractivity contribution in [2.45, 2.75) is 20.0 Å². The van der Waals surface area contributed by atoms with Gasteiger partial charge in [0, 0.05) is 7.05 Å². The average Bonchev–Trinajstić information content (AvgIpc) is 2.96. The van der Waals surface area contributed by atoms with Gasteiger partial charge in [-0.1, -0.05) is 0 Å². The lowest BCUT2D eigenvalue weighted by atomic mass is 10.3. The van der Waals surface area contributed by atoms with Gasteiger partial charge in [-0.15, -0.1) is 5.10 Å². The lowest BCUT2D eigenvalue weighted by molar-refractivity contribution is 0.241. The largest absolute Gasteiger partial charge is 0.495 e. The molecule has 3 rings (SSSR count). The van der Waals surface area contributed by atoms with Crippen LogP contribution in [0, 0.1) is 0 Å². The molecule has 0 saturated heterocycles. The third-order valence-corrected chi connectivity index (χ3v) is 3.31. The molecule has 25 heavy (non-hydrogen) atoms. The van der Waals surface area contributed by atoms with Gasteiger partial charge in [0.25, 0.3) is 0 Å². The highest BCUT2D eigenvalue weighted by atomic mass is 16.5. The second kappa shape index (κ2) is 7.16. The Morgan fingerprint density at radius 1 is 1.04 bits per heavy atom. The molecule has 0 aliphatic rings. The number of rotatable bonds is 6. The minimum Gasteiger partial charge on any atom is -0.495 e. The molecule has 8 heteroatoms. The molecule has 0 aliphatic heterocycles. The number of aryl methyl sites for hydroxylation is 1. The third kappa shape index (κ3) is 4.03. The van der Waals surface area contributed by atoms with Gasteiger partial charge in [-0.25, -0.2) is 14.6 Å². The van der Waals surface area contributed by atoms with Gasteiger partial charge in [-0.3, -0.25) is 0 Å². The van der Waals surface area contributed by atoms with Gasteiger partial charge in [0.2, 0.25) is 5.95 Å². The van der Waals surface area contributed by atoms with Crippen molar-refractivity contribution < 1.29 is 9.47 Å². The molecule has 0 spiro atoms. The predicted octanol–water partition coefficient (Wildman–Crippen LogP) is 2.81. The minimum absolute atomic E-state index is 0.109. The Morgan fingerprint density at radius 3 is 2.40 bits per heavy atom. The third-order valence-electron chi connectivity index (χ3n) is 3.31. The van der Waals surface area contributed by atoms with Crippen molar-refractivity contribution >= 4 is 11.8 Å². The van der Waals surface area contributed by atoms with Crippen molar-refractivity contribution in [3.8, 4) is 23.0 Å². The van der Waals surface area contributed by atoms with E-state index >= 15 is 0 Å². The molecule has 3 aromatic rings. The standard InChI is InChI=1S/C17H20N6O2/c1-11(2)25-13-6-8-15(19-10-13)20-17-21-16(23(3)22-17)14-7-5-12(24-4)9-18-14/h5-11H,1-4H3,(H,19,20,22). The van der Waals surface area contributed by atoms with E-state index in [0.29, 0.717) is 29.0 Å². The van der Waals surface area contributed by atoms with Crippen LogP contribution < -0.4 is 14.8 Å². The molecule has 130 valence electrons. The minimum atomic E-state index is 0.109. The summed E-state index contributed by atoms with van der Waals surface area (Å²) in [5, 5.41) is 7.42. The summed E-state index contributed by atoms with van der Waals surface area (Å²) in [5.74, 6) is 3.14. The first kappa shape index (κ1) is 16.7. The summed E-state index contributed by atoms with van der Waals surface area (Å²) >= 11 is 0. The Balaban J connectivity index is 1.75. The van der Waals surface area contributed by atoms with E-state index in [0.717, 1.165) is 5.75 Å². The molecule has 1 N–H and O–H groups in total. The molecule has 0 aromatic carbocycles. The van der Waals surface area contributed by atoms with Crippen LogP contribution in [0.2, 0.25) is 0 Å². The molecule has 0 saturated carbocycles. The Morgan fingerprint density at radius 2 is 1.80 bits per heavy atom. The summed E-state index contributed by atoms with van der Waals surface area (Å²) in [6.07, 6.45) is 3.42. The summed E-state index contributed by atoms with van der Waals surface area (Å²) in [6.45, 7) is 3.94. The lowest BCUT2D eigenvalue weighted by Crippen LogP contribution is -2.06. The van der Waals surface area contributed by atoms with Crippen LogP contribution in [0.25, 0.3) is 11.5 Å². The first-order valence-corrected chi connectivity index (χ1v) is 7.86. The number of pyridine rings is 2. The van der Waals surface area contributed by atoms with Crippen molar-refractivity contribution in [2.75, 3.05) is 12.4 Å². The monoisotopic (exact) mass is 340 g/mol. The fourth-order valence-electron chi connectivity index (χ4n) is 2.20. The zero-order valence-electron chi connectivity index (χ0n) is 14.6. The van der Waals surface area contributed by atoms with Crippen LogP contribution in [-0.4, -0.2) is 37.9 Å². The van der Waals surface area contributed by atoms with E-state index in [4.69, 9.17) is 9.47 Å². The fourth-order valence-corrected chi connectivity index (χ4v) is 2.20. The Hall–Kier alpha value is -3.16. The van der Waals surface area contributed by atoms with E-state index in [1.807, 2.05) is 45.2 Å². The van der Waals surface area contributed by atoms with E-state index in [2.05, 4.69) is 25.4 Å². The molecule has 0 unspecified atom stereocenters. The molecule has 8 nitrogen and oxygen atoms in total. The molecule has 0 fully saturated rings. The number of ether oxygens (including phenoxy) is 2. The Labute approximate surface area is 145 Å². The topological polar surface area (TPSA) is 87.0 Å². The van der Waals surface area contributed by atoms with Crippen LogP contribution in [0.3, 0.4) is 0 Å². The van der Waals surface area contributed by atoms with Crippen molar-refractivity contribution in [3.05, 3.63) is 36.7 Å². The van der Waals surface area contributed by atoms with Crippen molar-refractivity contribution in [1.82, 2.24) is 24.7 Å². The average molecular weight is 340 g/mol. The van der Waals surface area contributed by atoms with Gasteiger partial charge in [0.05, 0.1) is 25.6 Å². The summed E-state index contributed by atoms with van der Waals surface area (Å²) in [5.41, 5.74) is 0.706. The summed E-state index contributed by atoms with van der Waals surface area (Å²) < 4.78 is 12.4. The van der Waals surface area contributed by atoms with Gasteiger partial charge < -0.3 is 14.8 Å². The van der Waals surface area contributed by atoms with Gasteiger partial charge in [-0.05, 0) is 38.1 Å². The Bertz CT molecular complexity index is 827. The molecule has 0 atom stereocenters. The van der Waals surface area contributed by atoms with Crippen molar-refractivity contribution in [1.29, 1.82) is 0 Å². The molecule has 0 radical (unpaired) electrons. The highest BCUT2D eigenvalue weighted by Crippen LogP contribution is 2.20. The van der Waals surface area contributed by atoms with E-state index in [9.17, 15) is 0 Å². The summed E-state index contributed by atoms with van der Waals surface area (Å²) in [7, 11) is 3.41. The maximum absolute atomic E-state index is 5.58. The number of nitrogens with one attached hydrogen (secondary N) is 1. The van der Waals surface area contributed by atoms with Crippen molar-refractivity contribution in [2.24, 2.45) is 7.05 Å². The fraction of sp³-hybridized carbons (Fsp3) is 0.294. The predicted molar refractivity (Wildman–Crippen MR) is 94.1 cm³/mol. The molecule has 0 amide bonds. The van der Waals surface area contributed by atoms with Crippen molar-refractivity contribution in [3.63, 3.8) is 0 Å². The Kier molecular flexibility index (Phi) is 4.78. The normalized spacial score (nSPS) is 10.8. The molecular weight excluding hydrogens is 320 g/mol. The number of anilines is 2. The summed E-state index contributed by atoms with van der Waals surface area (Å²) in [6, 6.07) is 7.34. The smallest absolute Gasteiger partial charge is 0.248 e. The highest BCUT2D eigenvalue weighted by Gasteiger charge is 2.11. The molecule has 0 bridgehead atoms. The van der Waals surface area contributed by atoms with Gasteiger partial charge >= 0.3 is 0 Å². The maximum atomic E-state index is 5.58. The molecular formula is C17H20N6O2. The number of hydrogen-bond donors (Lipinski definition) is 1. The number of nitrogens with zero attached hydrogens (tertiary/aromatic N) is 5. The second-order valence-corrected chi connectivity index (χ2v) is 5.64. The van der Waals surface area contributed by atoms with E-state index in [1.54, 1.807) is 24.2 Å². The molecule has 3 heterocycles. The van der Waals surface area contributed by atoms with E-state index in [-0.39, 0.29) is 6.10 Å². The van der Waals surface area contributed by atoms with Gasteiger partial charge in [0.15, 0.2) is 5.82 Å². The van der Waals surface area contributed by atoms with Crippen LogP contribution in [0.5, 0.6) is 11.5 Å². The van der Waals surface area contributed by atoms with E-state index in [1.165, 1.54) is 0 Å². The van der Waals surface area contributed by atoms with Crippen LogP contribution in [-0.2, 0) is 7.05 Å². The van der Waals surface area contributed by atoms with Gasteiger partial charge in [0.1, 0.15) is 23.0 Å². The zero-order chi connectivity index (χ0) is 17.8. The zero-order valence-corrected chi connectivity index (χ0v) is 14.6. The maximum Gasteiger partial charge on any atom is 0.248 e. The van der Waals surface area contributed by atoms with Crippen LogP contribution >= 0.6 is 0 Å². The van der Waals surface area contributed by atoms with Gasteiger partial charge in [-0.2, -0.15) is 4.98 Å². The lowest BCUT2D eigenvalue weighted by Gasteiger charge is -2.09. The quantitative estimate of drug-likeness (QED) is 0.738. The first-order chi connectivity index (χ1) is 12.0. The van der Waals surface area contributed by atoms with E-state index < -0.39 is 0 Å². The number of methoxy groups -OCH3 is 1. The number of hydrogen-bond acceptors (Lipinski definition) is 7. The first-order valence-electron chi connectivity index (χ1n) is 7.86. The summed E-state index contributed by atoms with van der Waals surface area (Å²) in [4.78, 5) is 13.1. The molecule has 0 aliphatic carbocycles.